The summed E-state index contributed by atoms with van der Waals surface area (Å²) >= 11 is 0. The van der Waals surface area contributed by atoms with Gasteiger partial charge in [-0.25, -0.2) is 13.8 Å². The summed E-state index contributed by atoms with van der Waals surface area (Å²) in [7, 11) is 0. The molecular weight excluding hydrogens is 444 g/mol. The summed E-state index contributed by atoms with van der Waals surface area (Å²) in [5.41, 5.74) is 2.15. The van der Waals surface area contributed by atoms with E-state index in [1.165, 1.54) is 0 Å². The van der Waals surface area contributed by atoms with Crippen LogP contribution in [0.25, 0.3) is 0 Å². The number of rotatable bonds is 8. The zero-order valence-electron chi connectivity index (χ0n) is 18.1. The molecule has 0 radical (unpaired) electrons. The van der Waals surface area contributed by atoms with Crippen molar-refractivity contribution in [2.24, 2.45) is 0 Å². The van der Waals surface area contributed by atoms with E-state index in [1.807, 2.05) is 24.3 Å². The van der Waals surface area contributed by atoms with E-state index >= 15 is 0 Å². The lowest BCUT2D eigenvalue weighted by molar-refractivity contribution is -0.123. The molecule has 0 bridgehead atoms. The molecule has 0 aliphatic rings. The van der Waals surface area contributed by atoms with Gasteiger partial charge < -0.3 is 20.5 Å². The van der Waals surface area contributed by atoms with Crippen LogP contribution in [-0.4, -0.2) is 45.7 Å². The number of aliphatic hydroxyl groups is 1. The fourth-order valence-corrected chi connectivity index (χ4v) is 3.31. The molecule has 0 aliphatic heterocycles. The van der Waals surface area contributed by atoms with Crippen molar-refractivity contribution in [1.82, 2.24) is 15.3 Å². The van der Waals surface area contributed by atoms with Gasteiger partial charge in [-0.2, -0.15) is 0 Å². The SMILES string of the molecule is O=C(NCC(F)F)C(Cc1ccc(C#Cc2cccc(CCO)c2)cc1)c1nc[nH]c(=O)c1O. The highest BCUT2D eigenvalue weighted by Gasteiger charge is 2.27. The second kappa shape index (κ2) is 11.7. The van der Waals surface area contributed by atoms with Gasteiger partial charge in [-0.3, -0.25) is 9.59 Å². The number of alkyl halides is 2. The molecule has 1 aromatic heterocycles. The molecule has 2 aromatic carbocycles. The Balaban J connectivity index is 1.80. The Bertz CT molecular complexity index is 1250. The van der Waals surface area contributed by atoms with E-state index in [9.17, 15) is 23.5 Å². The fraction of sp³-hybridized carbons (Fsp3) is 0.240. The second-order valence-corrected chi connectivity index (χ2v) is 7.48. The summed E-state index contributed by atoms with van der Waals surface area (Å²) < 4.78 is 25.1. The number of halogens is 2. The highest BCUT2D eigenvalue weighted by atomic mass is 19.3. The molecule has 0 saturated heterocycles. The molecule has 1 unspecified atom stereocenters. The van der Waals surface area contributed by atoms with E-state index in [0.29, 0.717) is 17.5 Å². The number of hydrogen-bond donors (Lipinski definition) is 4. The first-order valence-electron chi connectivity index (χ1n) is 10.5. The largest absolute Gasteiger partial charge is 0.502 e. The Labute approximate surface area is 194 Å². The molecule has 9 heteroatoms. The van der Waals surface area contributed by atoms with E-state index in [1.54, 1.807) is 24.3 Å². The van der Waals surface area contributed by atoms with Gasteiger partial charge in [0.05, 0.1) is 18.8 Å². The van der Waals surface area contributed by atoms with Crippen LogP contribution in [-0.2, 0) is 17.6 Å². The lowest BCUT2D eigenvalue weighted by Crippen LogP contribution is -2.34. The lowest BCUT2D eigenvalue weighted by atomic mass is 9.94. The molecule has 4 N–H and O–H groups in total. The van der Waals surface area contributed by atoms with Crippen LogP contribution in [0.2, 0.25) is 0 Å². The van der Waals surface area contributed by atoms with Crippen LogP contribution in [0, 0.1) is 11.8 Å². The first-order chi connectivity index (χ1) is 16.4. The molecule has 176 valence electrons. The number of aromatic nitrogens is 2. The zero-order valence-corrected chi connectivity index (χ0v) is 18.1. The maximum atomic E-state index is 12.6. The Hall–Kier alpha value is -4.03. The van der Waals surface area contributed by atoms with Crippen molar-refractivity contribution in [2.75, 3.05) is 13.2 Å². The summed E-state index contributed by atoms with van der Waals surface area (Å²) in [4.78, 5) is 30.4. The van der Waals surface area contributed by atoms with Crippen molar-refractivity contribution in [3.63, 3.8) is 0 Å². The van der Waals surface area contributed by atoms with Gasteiger partial charge >= 0.3 is 0 Å². The highest BCUT2D eigenvalue weighted by molar-refractivity contribution is 5.84. The Kier molecular flexibility index (Phi) is 8.48. The maximum absolute atomic E-state index is 12.6. The average molecular weight is 467 g/mol. The Morgan fingerprint density at radius 3 is 2.53 bits per heavy atom. The normalized spacial score (nSPS) is 11.5. The number of amides is 1. The minimum atomic E-state index is -2.74. The predicted octanol–water partition coefficient (Wildman–Crippen LogP) is 2.12. The monoisotopic (exact) mass is 467 g/mol. The van der Waals surface area contributed by atoms with Gasteiger partial charge in [-0.15, -0.1) is 0 Å². The number of benzene rings is 2. The van der Waals surface area contributed by atoms with Crippen LogP contribution < -0.4 is 10.9 Å². The molecule has 3 aromatic rings. The van der Waals surface area contributed by atoms with Gasteiger partial charge in [-0.05, 0) is 48.2 Å². The number of aromatic hydroxyl groups is 1. The lowest BCUT2D eigenvalue weighted by Gasteiger charge is -2.17. The van der Waals surface area contributed by atoms with Crippen LogP contribution in [0.15, 0.2) is 59.7 Å². The van der Waals surface area contributed by atoms with Gasteiger partial charge in [0.2, 0.25) is 11.7 Å². The number of nitrogens with zero attached hydrogens (tertiary/aromatic N) is 1. The van der Waals surface area contributed by atoms with Crippen LogP contribution in [0.3, 0.4) is 0 Å². The van der Waals surface area contributed by atoms with Crippen LogP contribution in [0.5, 0.6) is 5.75 Å². The Morgan fingerprint density at radius 2 is 1.82 bits per heavy atom. The molecule has 1 amide bonds. The van der Waals surface area contributed by atoms with E-state index in [-0.39, 0.29) is 18.7 Å². The number of carbonyl (C=O) groups excluding carboxylic acids is 1. The molecule has 0 aliphatic carbocycles. The first kappa shape index (κ1) is 24.6. The molecule has 0 fully saturated rings. The van der Waals surface area contributed by atoms with Crippen molar-refractivity contribution in [2.45, 2.75) is 25.2 Å². The quantitative estimate of drug-likeness (QED) is 0.379. The minimum Gasteiger partial charge on any atom is -0.502 e. The van der Waals surface area contributed by atoms with Crippen molar-refractivity contribution in [3.05, 3.63) is 93.2 Å². The fourth-order valence-electron chi connectivity index (χ4n) is 3.31. The van der Waals surface area contributed by atoms with Gasteiger partial charge in [0, 0.05) is 17.7 Å². The molecular formula is C25H23F2N3O4. The second-order valence-electron chi connectivity index (χ2n) is 7.48. The van der Waals surface area contributed by atoms with Crippen LogP contribution >= 0.6 is 0 Å². The van der Waals surface area contributed by atoms with E-state index in [2.05, 4.69) is 27.1 Å². The standard InChI is InChI=1S/C25H23F2N3O4/c26-21(27)14-28-24(33)20(22-23(32)25(34)30-15-29-22)13-19-8-5-16(6-9-19)4-7-17-2-1-3-18(12-17)10-11-31/h1-3,5-6,8-9,12,15,20-21,31-32H,10-11,13-14H2,(H,28,33)(H,29,30,34). The first-order valence-corrected chi connectivity index (χ1v) is 10.5. The molecule has 34 heavy (non-hydrogen) atoms. The maximum Gasteiger partial charge on any atom is 0.293 e. The van der Waals surface area contributed by atoms with Crippen LogP contribution in [0.1, 0.15) is 33.9 Å². The van der Waals surface area contributed by atoms with E-state index in [4.69, 9.17) is 5.11 Å². The van der Waals surface area contributed by atoms with E-state index in [0.717, 1.165) is 17.5 Å². The van der Waals surface area contributed by atoms with Crippen molar-refractivity contribution in [1.29, 1.82) is 0 Å². The summed E-state index contributed by atoms with van der Waals surface area (Å²) in [6, 6.07) is 14.5. The van der Waals surface area contributed by atoms with Gasteiger partial charge in [-0.1, -0.05) is 36.1 Å². The number of carbonyl (C=O) groups is 1. The van der Waals surface area contributed by atoms with Crippen molar-refractivity contribution >= 4 is 5.91 Å². The van der Waals surface area contributed by atoms with E-state index < -0.39 is 36.1 Å². The van der Waals surface area contributed by atoms with Gasteiger partial charge in [0.15, 0.2) is 0 Å². The number of hydrogen-bond acceptors (Lipinski definition) is 5. The molecule has 0 saturated carbocycles. The summed E-state index contributed by atoms with van der Waals surface area (Å²) in [6.07, 6.45) is -1.13. The molecule has 1 heterocycles. The summed E-state index contributed by atoms with van der Waals surface area (Å²) in [5, 5.41) is 21.3. The zero-order chi connectivity index (χ0) is 24.5. The van der Waals surface area contributed by atoms with Crippen molar-refractivity contribution in [3.8, 4) is 17.6 Å². The van der Waals surface area contributed by atoms with Crippen molar-refractivity contribution < 1.29 is 23.8 Å². The molecule has 7 nitrogen and oxygen atoms in total. The van der Waals surface area contributed by atoms with Gasteiger partial charge in [0.25, 0.3) is 12.0 Å². The number of nitrogens with one attached hydrogen (secondary N) is 2. The number of H-pyrrole nitrogens is 1. The molecule has 3 rings (SSSR count). The third-order valence-corrected chi connectivity index (χ3v) is 5.01. The third-order valence-electron chi connectivity index (χ3n) is 5.01. The summed E-state index contributed by atoms with van der Waals surface area (Å²) in [6.45, 7) is -0.794. The average Bonchev–Trinajstić information content (AvgIpc) is 2.83. The predicted molar refractivity (Wildman–Crippen MR) is 122 cm³/mol. The molecule has 0 spiro atoms. The number of aromatic amines is 1. The highest BCUT2D eigenvalue weighted by Crippen LogP contribution is 2.24. The minimum absolute atomic E-state index is 0.0238. The van der Waals surface area contributed by atoms with Crippen LogP contribution in [0.4, 0.5) is 8.78 Å². The topological polar surface area (TPSA) is 115 Å². The summed E-state index contributed by atoms with van der Waals surface area (Å²) in [5.74, 6) is 3.44. The Morgan fingerprint density at radius 1 is 1.09 bits per heavy atom. The smallest absolute Gasteiger partial charge is 0.293 e. The molecule has 1 atom stereocenters. The third kappa shape index (κ3) is 6.73. The van der Waals surface area contributed by atoms with Gasteiger partial charge in [0.1, 0.15) is 5.69 Å². The number of aliphatic hydroxyl groups excluding tert-OH is 1.